The Labute approximate surface area is 161 Å². The fourth-order valence-electron chi connectivity index (χ4n) is 2.42. The topological polar surface area (TPSA) is 69.6 Å². The van der Waals surface area contributed by atoms with Gasteiger partial charge in [0.25, 0.3) is 0 Å². The van der Waals surface area contributed by atoms with Gasteiger partial charge in [0.15, 0.2) is 5.82 Å². The van der Waals surface area contributed by atoms with Gasteiger partial charge in [-0.2, -0.15) is 22.0 Å². The number of rotatable bonds is 4. The first-order valence-electron chi connectivity index (χ1n) is 7.86. The molecule has 0 aliphatic carbocycles. The maximum absolute atomic E-state index is 13.8. The van der Waals surface area contributed by atoms with E-state index in [0.29, 0.717) is 11.3 Å². The molecular weight excluding hydrogens is 405 g/mol. The second-order valence-electron chi connectivity index (χ2n) is 6.04. The number of pyridine rings is 1. The Bertz CT molecular complexity index is 998. The van der Waals surface area contributed by atoms with Gasteiger partial charge in [0.2, 0.25) is 5.82 Å². The molecule has 0 saturated carbocycles. The molecule has 0 aliphatic rings. The van der Waals surface area contributed by atoms with Crippen LogP contribution in [0.5, 0.6) is 0 Å². The quantitative estimate of drug-likeness (QED) is 0.498. The van der Waals surface area contributed by atoms with Crippen LogP contribution in [0.4, 0.5) is 27.6 Å². The minimum absolute atomic E-state index is 0.0493. The van der Waals surface area contributed by atoms with Gasteiger partial charge in [0, 0.05) is 11.9 Å². The Balaban J connectivity index is 2.10. The molecule has 0 unspecified atom stereocenters. The number of nitrogens with zero attached hydrogens (tertiary/aromatic N) is 4. The SMILES string of the molecule is Cc1cc(Cn2nc(C(F)(F)C(F)(F)F)nc2-c2ccc(Cl)cn2)ccc1N. The molecule has 3 aromatic rings. The van der Waals surface area contributed by atoms with Crippen molar-refractivity contribution in [3.8, 4) is 11.5 Å². The summed E-state index contributed by atoms with van der Waals surface area (Å²) in [5, 5.41) is 3.69. The molecule has 5 nitrogen and oxygen atoms in total. The van der Waals surface area contributed by atoms with Crippen molar-refractivity contribution in [1.29, 1.82) is 0 Å². The molecule has 148 valence electrons. The lowest BCUT2D eigenvalue weighted by molar-refractivity contribution is -0.292. The number of hydrogen-bond acceptors (Lipinski definition) is 4. The first kappa shape index (κ1) is 20.0. The van der Waals surface area contributed by atoms with E-state index in [2.05, 4.69) is 15.1 Å². The van der Waals surface area contributed by atoms with E-state index < -0.39 is 17.9 Å². The highest BCUT2D eigenvalue weighted by Crippen LogP contribution is 2.42. The lowest BCUT2D eigenvalue weighted by Gasteiger charge is -2.15. The lowest BCUT2D eigenvalue weighted by Crippen LogP contribution is -2.35. The summed E-state index contributed by atoms with van der Waals surface area (Å²) in [6, 6.07) is 7.67. The molecule has 0 fully saturated rings. The van der Waals surface area contributed by atoms with E-state index in [1.165, 1.54) is 18.3 Å². The van der Waals surface area contributed by atoms with Gasteiger partial charge in [0.05, 0.1) is 11.6 Å². The van der Waals surface area contributed by atoms with Crippen molar-refractivity contribution in [3.63, 3.8) is 0 Å². The molecule has 11 heteroatoms. The number of benzene rings is 1. The lowest BCUT2D eigenvalue weighted by atomic mass is 10.1. The van der Waals surface area contributed by atoms with E-state index in [-0.39, 0.29) is 23.1 Å². The van der Waals surface area contributed by atoms with Gasteiger partial charge in [-0.15, -0.1) is 5.10 Å². The second-order valence-corrected chi connectivity index (χ2v) is 6.48. The number of aromatic nitrogens is 4. The normalized spacial score (nSPS) is 12.4. The van der Waals surface area contributed by atoms with Crippen LogP contribution in [0.15, 0.2) is 36.5 Å². The van der Waals surface area contributed by atoms with Crippen molar-refractivity contribution in [2.75, 3.05) is 5.73 Å². The molecule has 2 aromatic heterocycles. The molecule has 2 N–H and O–H groups in total. The first-order chi connectivity index (χ1) is 13.0. The van der Waals surface area contributed by atoms with Crippen molar-refractivity contribution < 1.29 is 22.0 Å². The van der Waals surface area contributed by atoms with Crippen LogP contribution in [0.3, 0.4) is 0 Å². The van der Waals surface area contributed by atoms with Crippen LogP contribution >= 0.6 is 11.6 Å². The molecule has 0 aliphatic heterocycles. The number of halogens is 6. The largest absolute Gasteiger partial charge is 0.461 e. The van der Waals surface area contributed by atoms with Crippen molar-refractivity contribution in [1.82, 2.24) is 19.7 Å². The smallest absolute Gasteiger partial charge is 0.399 e. The predicted octanol–water partition coefficient (Wildman–Crippen LogP) is 4.59. The van der Waals surface area contributed by atoms with Crippen LogP contribution in [0.25, 0.3) is 11.5 Å². The van der Waals surface area contributed by atoms with Crippen LogP contribution < -0.4 is 5.73 Å². The molecule has 0 amide bonds. The third kappa shape index (κ3) is 3.77. The highest BCUT2D eigenvalue weighted by molar-refractivity contribution is 6.30. The molecule has 0 atom stereocenters. The monoisotopic (exact) mass is 417 g/mol. The summed E-state index contributed by atoms with van der Waals surface area (Å²) in [4.78, 5) is 7.37. The average molecular weight is 418 g/mol. The number of nitrogens with two attached hydrogens (primary N) is 1. The van der Waals surface area contributed by atoms with Crippen LogP contribution in [0, 0.1) is 6.92 Å². The van der Waals surface area contributed by atoms with E-state index in [9.17, 15) is 22.0 Å². The van der Waals surface area contributed by atoms with Crippen molar-refractivity contribution >= 4 is 17.3 Å². The van der Waals surface area contributed by atoms with E-state index in [0.717, 1.165) is 10.2 Å². The maximum Gasteiger partial charge on any atom is 0.461 e. The summed E-state index contributed by atoms with van der Waals surface area (Å²) in [6.45, 7) is 1.63. The third-order valence-corrected chi connectivity index (χ3v) is 4.16. The summed E-state index contributed by atoms with van der Waals surface area (Å²) in [5.74, 6) is -7.11. The number of hydrogen-bond donors (Lipinski definition) is 1. The van der Waals surface area contributed by atoms with Crippen LogP contribution in [0.2, 0.25) is 5.02 Å². The number of aryl methyl sites for hydroxylation is 1. The second kappa shape index (κ2) is 7.01. The van der Waals surface area contributed by atoms with Gasteiger partial charge in [0.1, 0.15) is 5.69 Å². The molecule has 0 saturated heterocycles. The standard InChI is InChI=1S/C17H13ClF5N5/c1-9-6-10(2-4-12(9)24)8-28-14(13-5-3-11(18)7-25-13)26-15(27-28)16(19,20)17(21,22)23/h2-7H,8,24H2,1H3. The van der Waals surface area contributed by atoms with Crippen LogP contribution in [-0.2, 0) is 12.5 Å². The Hall–Kier alpha value is -2.75. The zero-order valence-electron chi connectivity index (χ0n) is 14.3. The zero-order valence-corrected chi connectivity index (χ0v) is 15.1. The Kier molecular flexibility index (Phi) is 5.00. The molecule has 1 aromatic carbocycles. The molecule has 28 heavy (non-hydrogen) atoms. The van der Waals surface area contributed by atoms with Crippen molar-refractivity contribution in [2.45, 2.75) is 25.6 Å². The number of alkyl halides is 5. The highest BCUT2D eigenvalue weighted by Gasteiger charge is 2.62. The molecular formula is C17H13ClF5N5. The highest BCUT2D eigenvalue weighted by atomic mass is 35.5. The minimum Gasteiger partial charge on any atom is -0.399 e. The fourth-order valence-corrected chi connectivity index (χ4v) is 2.53. The molecule has 0 spiro atoms. The Morgan fingerprint density at radius 3 is 2.39 bits per heavy atom. The summed E-state index contributed by atoms with van der Waals surface area (Å²) in [5.41, 5.74) is 7.63. The van der Waals surface area contributed by atoms with Gasteiger partial charge in [-0.1, -0.05) is 23.7 Å². The average Bonchev–Trinajstić information content (AvgIpc) is 3.02. The molecule has 0 bridgehead atoms. The van der Waals surface area contributed by atoms with Gasteiger partial charge in [-0.25, -0.2) is 9.67 Å². The zero-order chi connectivity index (χ0) is 20.7. The van der Waals surface area contributed by atoms with Crippen LogP contribution in [0.1, 0.15) is 17.0 Å². The number of anilines is 1. The molecule has 3 rings (SSSR count). The maximum atomic E-state index is 13.8. The van der Waals surface area contributed by atoms with E-state index in [4.69, 9.17) is 17.3 Å². The summed E-state index contributed by atoms with van der Waals surface area (Å²) >= 11 is 5.75. The van der Waals surface area contributed by atoms with Crippen molar-refractivity contribution in [2.24, 2.45) is 0 Å². The van der Waals surface area contributed by atoms with Gasteiger partial charge in [-0.05, 0) is 36.2 Å². The van der Waals surface area contributed by atoms with E-state index >= 15 is 0 Å². The van der Waals surface area contributed by atoms with Gasteiger partial charge in [-0.3, -0.25) is 4.98 Å². The summed E-state index contributed by atoms with van der Waals surface area (Å²) in [6.07, 6.45) is -4.60. The van der Waals surface area contributed by atoms with Gasteiger partial charge >= 0.3 is 12.1 Å². The Morgan fingerprint density at radius 2 is 1.82 bits per heavy atom. The fraction of sp³-hybridized carbons (Fsp3) is 0.235. The van der Waals surface area contributed by atoms with E-state index in [1.54, 1.807) is 25.1 Å². The third-order valence-electron chi connectivity index (χ3n) is 3.93. The first-order valence-corrected chi connectivity index (χ1v) is 8.23. The van der Waals surface area contributed by atoms with Crippen LogP contribution in [-0.4, -0.2) is 25.9 Å². The summed E-state index contributed by atoms with van der Waals surface area (Å²) in [7, 11) is 0. The number of nitrogen functional groups attached to an aromatic ring is 1. The summed E-state index contributed by atoms with van der Waals surface area (Å²) < 4.78 is 66.7. The Morgan fingerprint density at radius 1 is 1.11 bits per heavy atom. The minimum atomic E-state index is -5.83. The molecule has 2 heterocycles. The van der Waals surface area contributed by atoms with E-state index in [1.807, 2.05) is 0 Å². The van der Waals surface area contributed by atoms with Crippen molar-refractivity contribution in [3.05, 3.63) is 58.5 Å². The van der Waals surface area contributed by atoms with Gasteiger partial charge < -0.3 is 5.73 Å². The molecule has 0 radical (unpaired) electrons. The predicted molar refractivity (Wildman–Crippen MR) is 92.9 cm³/mol.